The van der Waals surface area contributed by atoms with Crippen molar-refractivity contribution in [2.24, 2.45) is 0 Å². The molecule has 1 fully saturated rings. The summed E-state index contributed by atoms with van der Waals surface area (Å²) >= 11 is 1.82. The molecule has 1 aliphatic heterocycles. The Kier molecular flexibility index (Phi) is 3.84. The fraction of sp³-hybridized carbons (Fsp3) is 0.250. The number of carboxylic acids is 1. The van der Waals surface area contributed by atoms with Crippen LogP contribution in [-0.4, -0.2) is 34.5 Å². The monoisotopic (exact) mass is 301 g/mol. The Morgan fingerprint density at radius 1 is 1.14 bits per heavy atom. The van der Waals surface area contributed by atoms with E-state index in [2.05, 4.69) is 5.32 Å². The van der Waals surface area contributed by atoms with Crippen LogP contribution in [0.25, 0.3) is 10.8 Å². The summed E-state index contributed by atoms with van der Waals surface area (Å²) in [4.78, 5) is 23.9. The first kappa shape index (κ1) is 13.9. The van der Waals surface area contributed by atoms with Crippen LogP contribution < -0.4 is 5.32 Å². The smallest absolute Gasteiger partial charge is 0.336 e. The van der Waals surface area contributed by atoms with Crippen molar-refractivity contribution < 1.29 is 14.7 Å². The van der Waals surface area contributed by atoms with E-state index in [9.17, 15) is 14.7 Å². The summed E-state index contributed by atoms with van der Waals surface area (Å²) in [5.41, 5.74) is 0.599. The second-order valence-electron chi connectivity index (χ2n) is 5.05. The lowest BCUT2D eigenvalue weighted by Crippen LogP contribution is -2.34. The molecule has 1 amide bonds. The van der Waals surface area contributed by atoms with Gasteiger partial charge in [-0.2, -0.15) is 11.8 Å². The maximum absolute atomic E-state index is 12.5. The van der Waals surface area contributed by atoms with Gasteiger partial charge in [0.2, 0.25) is 0 Å². The summed E-state index contributed by atoms with van der Waals surface area (Å²) in [7, 11) is 0. The van der Waals surface area contributed by atoms with Gasteiger partial charge in [-0.25, -0.2) is 4.79 Å². The van der Waals surface area contributed by atoms with E-state index < -0.39 is 5.97 Å². The second-order valence-corrected chi connectivity index (χ2v) is 6.20. The summed E-state index contributed by atoms with van der Waals surface area (Å²) in [5, 5.41) is 13.6. The summed E-state index contributed by atoms with van der Waals surface area (Å²) in [6, 6.07) is 10.5. The van der Waals surface area contributed by atoms with Crippen molar-refractivity contribution in [2.75, 3.05) is 11.5 Å². The fourth-order valence-electron chi connectivity index (χ4n) is 2.62. The van der Waals surface area contributed by atoms with Crippen LogP contribution in [0.15, 0.2) is 36.4 Å². The zero-order valence-electron chi connectivity index (χ0n) is 11.3. The molecule has 1 saturated heterocycles. The lowest BCUT2D eigenvalue weighted by Gasteiger charge is -2.13. The van der Waals surface area contributed by atoms with E-state index in [1.54, 1.807) is 18.2 Å². The summed E-state index contributed by atoms with van der Waals surface area (Å²) in [6.07, 6.45) is 0.965. The van der Waals surface area contributed by atoms with Crippen LogP contribution in [-0.2, 0) is 0 Å². The van der Waals surface area contributed by atoms with Gasteiger partial charge in [0, 0.05) is 22.7 Å². The normalized spacial score (nSPS) is 17.8. The van der Waals surface area contributed by atoms with Crippen molar-refractivity contribution in [1.82, 2.24) is 5.32 Å². The molecule has 0 aliphatic carbocycles. The van der Waals surface area contributed by atoms with Crippen LogP contribution in [0, 0.1) is 0 Å². The minimum Gasteiger partial charge on any atom is -0.478 e. The molecular formula is C16H15NO3S. The van der Waals surface area contributed by atoms with Gasteiger partial charge in [-0.1, -0.05) is 24.3 Å². The largest absolute Gasteiger partial charge is 0.478 e. The molecule has 0 saturated carbocycles. The van der Waals surface area contributed by atoms with E-state index in [1.165, 1.54) is 6.07 Å². The molecule has 1 unspecified atom stereocenters. The predicted molar refractivity (Wildman–Crippen MR) is 84.1 cm³/mol. The summed E-state index contributed by atoms with van der Waals surface area (Å²) < 4.78 is 0. The molecule has 1 atom stereocenters. The molecule has 108 valence electrons. The molecule has 2 N–H and O–H groups in total. The van der Waals surface area contributed by atoms with E-state index in [0.717, 1.165) is 23.3 Å². The third kappa shape index (κ3) is 2.74. The van der Waals surface area contributed by atoms with E-state index in [4.69, 9.17) is 0 Å². The number of carbonyl (C=O) groups is 2. The Morgan fingerprint density at radius 3 is 2.48 bits per heavy atom. The van der Waals surface area contributed by atoms with Crippen LogP contribution in [0.5, 0.6) is 0 Å². The molecule has 2 aromatic rings. The highest BCUT2D eigenvalue weighted by Crippen LogP contribution is 2.24. The number of carboxylic acid groups (broad SMARTS) is 1. The Labute approximate surface area is 126 Å². The number of aromatic carboxylic acids is 1. The minimum atomic E-state index is -1.02. The molecule has 0 bridgehead atoms. The molecule has 0 radical (unpaired) electrons. The summed E-state index contributed by atoms with van der Waals surface area (Å²) in [5.74, 6) is 0.766. The van der Waals surface area contributed by atoms with Crippen molar-refractivity contribution in [3.05, 3.63) is 47.5 Å². The SMILES string of the molecule is O=C(O)c1cccc2cccc(C(=O)NC3CCSC3)c12. The average molecular weight is 301 g/mol. The highest BCUT2D eigenvalue weighted by atomic mass is 32.2. The standard InChI is InChI=1S/C16H15NO3S/c18-15(17-11-7-8-21-9-11)12-5-1-3-10-4-2-6-13(14(10)12)16(19)20/h1-6,11H,7-9H2,(H,17,18)(H,19,20). The van der Waals surface area contributed by atoms with Crippen molar-refractivity contribution in [3.8, 4) is 0 Å². The van der Waals surface area contributed by atoms with Gasteiger partial charge in [-0.3, -0.25) is 4.79 Å². The number of rotatable bonds is 3. The third-order valence-corrected chi connectivity index (χ3v) is 4.81. The Bertz CT molecular complexity index is 702. The fourth-order valence-corrected chi connectivity index (χ4v) is 3.77. The van der Waals surface area contributed by atoms with Gasteiger partial charge in [-0.05, 0) is 29.7 Å². The van der Waals surface area contributed by atoms with Gasteiger partial charge >= 0.3 is 5.97 Å². The van der Waals surface area contributed by atoms with Crippen LogP contribution in [0.4, 0.5) is 0 Å². The average Bonchev–Trinajstić information content (AvgIpc) is 2.98. The Morgan fingerprint density at radius 2 is 1.86 bits per heavy atom. The number of thioether (sulfide) groups is 1. The third-order valence-electron chi connectivity index (χ3n) is 3.64. The van der Waals surface area contributed by atoms with Gasteiger partial charge < -0.3 is 10.4 Å². The number of hydrogen-bond acceptors (Lipinski definition) is 3. The van der Waals surface area contributed by atoms with E-state index in [1.807, 2.05) is 23.9 Å². The molecule has 2 aromatic carbocycles. The predicted octanol–water partition coefficient (Wildman–Crippen LogP) is 2.77. The minimum absolute atomic E-state index is 0.166. The first-order valence-electron chi connectivity index (χ1n) is 6.80. The zero-order chi connectivity index (χ0) is 14.8. The first-order valence-corrected chi connectivity index (χ1v) is 7.96. The molecule has 3 rings (SSSR count). The number of hydrogen-bond donors (Lipinski definition) is 2. The highest BCUT2D eigenvalue weighted by molar-refractivity contribution is 7.99. The van der Waals surface area contributed by atoms with Crippen molar-refractivity contribution >= 4 is 34.4 Å². The number of carbonyl (C=O) groups excluding carboxylic acids is 1. The van der Waals surface area contributed by atoms with E-state index in [0.29, 0.717) is 10.9 Å². The van der Waals surface area contributed by atoms with Crippen molar-refractivity contribution in [3.63, 3.8) is 0 Å². The van der Waals surface area contributed by atoms with Crippen LogP contribution in [0.1, 0.15) is 27.1 Å². The first-order chi connectivity index (χ1) is 10.2. The topological polar surface area (TPSA) is 66.4 Å². The summed E-state index contributed by atoms with van der Waals surface area (Å²) in [6.45, 7) is 0. The lowest BCUT2D eigenvalue weighted by atomic mass is 9.98. The van der Waals surface area contributed by atoms with Gasteiger partial charge in [0.1, 0.15) is 0 Å². The molecule has 0 spiro atoms. The quantitative estimate of drug-likeness (QED) is 0.915. The molecular weight excluding hydrogens is 286 g/mol. The lowest BCUT2D eigenvalue weighted by molar-refractivity contribution is 0.0699. The van der Waals surface area contributed by atoms with Crippen molar-refractivity contribution in [1.29, 1.82) is 0 Å². The van der Waals surface area contributed by atoms with Crippen LogP contribution in [0.3, 0.4) is 0 Å². The van der Waals surface area contributed by atoms with Crippen LogP contribution >= 0.6 is 11.8 Å². The number of benzene rings is 2. The molecule has 5 heteroatoms. The van der Waals surface area contributed by atoms with Gasteiger partial charge in [0.05, 0.1) is 5.56 Å². The van der Waals surface area contributed by atoms with Crippen molar-refractivity contribution in [2.45, 2.75) is 12.5 Å². The van der Waals surface area contributed by atoms with Gasteiger partial charge in [-0.15, -0.1) is 0 Å². The second kappa shape index (κ2) is 5.77. The zero-order valence-corrected chi connectivity index (χ0v) is 12.2. The number of amides is 1. The Hall–Kier alpha value is -2.01. The van der Waals surface area contributed by atoms with E-state index >= 15 is 0 Å². The maximum atomic E-state index is 12.5. The molecule has 1 heterocycles. The number of fused-ring (bicyclic) bond motifs is 1. The van der Waals surface area contributed by atoms with Gasteiger partial charge in [0.25, 0.3) is 5.91 Å². The molecule has 1 aliphatic rings. The maximum Gasteiger partial charge on any atom is 0.336 e. The molecule has 0 aromatic heterocycles. The van der Waals surface area contributed by atoms with Gasteiger partial charge in [0.15, 0.2) is 0 Å². The van der Waals surface area contributed by atoms with E-state index in [-0.39, 0.29) is 17.5 Å². The highest BCUT2D eigenvalue weighted by Gasteiger charge is 2.21. The molecule has 21 heavy (non-hydrogen) atoms. The molecule has 4 nitrogen and oxygen atoms in total. The number of nitrogens with one attached hydrogen (secondary N) is 1. The Balaban J connectivity index is 2.04. The van der Waals surface area contributed by atoms with Crippen LogP contribution in [0.2, 0.25) is 0 Å².